The van der Waals surface area contributed by atoms with E-state index in [4.69, 9.17) is 4.98 Å². The maximum Gasteiger partial charge on any atom is 0.142 e. The van der Waals surface area contributed by atoms with Gasteiger partial charge in [0, 0.05) is 50.6 Å². The van der Waals surface area contributed by atoms with Gasteiger partial charge in [0.2, 0.25) is 0 Å². The monoisotopic (exact) mass is 318 g/mol. The highest BCUT2D eigenvalue weighted by atomic mass is 32.2. The average molecular weight is 318 g/mol. The van der Waals surface area contributed by atoms with Crippen LogP contribution in [0.2, 0.25) is 0 Å². The minimum absolute atomic E-state index is 0.632. The number of pyridine rings is 1. The van der Waals surface area contributed by atoms with Crippen molar-refractivity contribution in [1.29, 1.82) is 0 Å². The second kappa shape index (κ2) is 5.93. The van der Waals surface area contributed by atoms with Crippen molar-refractivity contribution in [1.82, 2.24) is 9.88 Å². The van der Waals surface area contributed by atoms with E-state index in [1.807, 2.05) is 11.8 Å². The zero-order valence-corrected chi connectivity index (χ0v) is 14.5. The molecule has 22 heavy (non-hydrogen) atoms. The molecule has 4 heterocycles. The van der Waals surface area contributed by atoms with Crippen molar-refractivity contribution in [3.63, 3.8) is 0 Å². The molecule has 0 amide bonds. The van der Waals surface area contributed by atoms with E-state index in [2.05, 4.69) is 40.8 Å². The molecule has 3 aliphatic heterocycles. The summed E-state index contributed by atoms with van der Waals surface area (Å²) in [4.78, 5) is 13.9. The van der Waals surface area contributed by atoms with Crippen LogP contribution >= 0.6 is 11.8 Å². The number of hydrogen-bond acceptors (Lipinski definition) is 5. The Balaban J connectivity index is 1.59. The van der Waals surface area contributed by atoms with Crippen molar-refractivity contribution in [3.8, 4) is 0 Å². The molecule has 0 aliphatic carbocycles. The third kappa shape index (κ3) is 2.58. The van der Waals surface area contributed by atoms with Crippen LogP contribution in [0.3, 0.4) is 0 Å². The number of piperazine rings is 1. The molecule has 3 aliphatic rings. The smallest absolute Gasteiger partial charge is 0.142 e. The Morgan fingerprint density at radius 3 is 2.82 bits per heavy atom. The fourth-order valence-electron chi connectivity index (χ4n) is 3.68. The second-order valence-electron chi connectivity index (χ2n) is 6.93. The summed E-state index contributed by atoms with van der Waals surface area (Å²) < 4.78 is 0. The molecule has 2 fully saturated rings. The molecule has 5 heteroatoms. The van der Waals surface area contributed by atoms with E-state index in [1.54, 1.807) is 0 Å². The summed E-state index contributed by atoms with van der Waals surface area (Å²) in [5.41, 5.74) is 1.32. The van der Waals surface area contributed by atoms with E-state index in [0.717, 1.165) is 13.1 Å². The van der Waals surface area contributed by atoms with Gasteiger partial charge < -0.3 is 9.80 Å². The molecule has 0 bridgehead atoms. The third-order valence-corrected chi connectivity index (χ3v) is 6.32. The summed E-state index contributed by atoms with van der Waals surface area (Å²) in [5, 5.41) is 0. The number of thioether (sulfide) groups is 1. The first kappa shape index (κ1) is 14.6. The number of hydrogen-bond donors (Lipinski definition) is 0. The largest absolute Gasteiger partial charge is 0.370 e. The Hall–Kier alpha value is -0.940. The molecule has 0 unspecified atom stereocenters. The highest BCUT2D eigenvalue weighted by molar-refractivity contribution is 7.99. The maximum absolute atomic E-state index is 4.88. The third-order valence-electron chi connectivity index (χ3n) is 5.26. The maximum atomic E-state index is 4.88. The molecule has 1 aromatic heterocycles. The van der Waals surface area contributed by atoms with Gasteiger partial charge in [-0.3, -0.25) is 4.90 Å². The molecular weight excluding hydrogens is 292 g/mol. The first-order valence-corrected chi connectivity index (χ1v) is 9.59. The molecule has 0 aromatic carbocycles. The summed E-state index contributed by atoms with van der Waals surface area (Å²) in [7, 11) is 0. The van der Waals surface area contributed by atoms with Gasteiger partial charge in [-0.15, -0.1) is 11.8 Å². The van der Waals surface area contributed by atoms with Gasteiger partial charge in [0.15, 0.2) is 0 Å². The predicted octanol–water partition coefficient (Wildman–Crippen LogP) is 2.69. The van der Waals surface area contributed by atoms with Crippen molar-refractivity contribution in [2.24, 2.45) is 0 Å². The second-order valence-corrected chi connectivity index (χ2v) is 8.07. The Labute approximate surface area is 137 Å². The highest BCUT2D eigenvalue weighted by Crippen LogP contribution is 2.38. The summed E-state index contributed by atoms with van der Waals surface area (Å²) in [6.45, 7) is 10.5. The van der Waals surface area contributed by atoms with E-state index in [-0.39, 0.29) is 0 Å². The van der Waals surface area contributed by atoms with Gasteiger partial charge >= 0.3 is 0 Å². The van der Waals surface area contributed by atoms with Gasteiger partial charge in [-0.25, -0.2) is 4.98 Å². The van der Waals surface area contributed by atoms with E-state index < -0.39 is 0 Å². The van der Waals surface area contributed by atoms with Gasteiger partial charge in [-0.2, -0.15) is 0 Å². The van der Waals surface area contributed by atoms with E-state index in [1.165, 1.54) is 54.6 Å². The Morgan fingerprint density at radius 2 is 2.09 bits per heavy atom. The number of fused-ring (bicyclic) bond motifs is 3. The normalized spacial score (nSPS) is 25.5. The topological polar surface area (TPSA) is 22.6 Å². The first-order chi connectivity index (χ1) is 10.7. The summed E-state index contributed by atoms with van der Waals surface area (Å²) in [6, 6.07) is 3.66. The molecule has 2 saturated heterocycles. The van der Waals surface area contributed by atoms with E-state index >= 15 is 0 Å². The van der Waals surface area contributed by atoms with Crippen LogP contribution in [0.25, 0.3) is 0 Å². The van der Waals surface area contributed by atoms with Crippen LogP contribution in [0.1, 0.15) is 26.7 Å². The van der Waals surface area contributed by atoms with Crippen molar-refractivity contribution in [3.05, 3.63) is 12.3 Å². The molecule has 4 rings (SSSR count). The lowest BCUT2D eigenvalue weighted by atomic mass is 10.1. The van der Waals surface area contributed by atoms with Gasteiger partial charge in [0.25, 0.3) is 0 Å². The van der Waals surface area contributed by atoms with Crippen LogP contribution in [0.5, 0.6) is 0 Å². The van der Waals surface area contributed by atoms with Gasteiger partial charge in [0.05, 0.1) is 16.8 Å². The molecule has 0 saturated carbocycles. The zero-order chi connectivity index (χ0) is 15.1. The molecule has 1 aromatic rings. The summed E-state index contributed by atoms with van der Waals surface area (Å²) >= 11 is 2.00. The average Bonchev–Trinajstić information content (AvgIpc) is 2.63. The lowest BCUT2D eigenvalue weighted by Gasteiger charge is -2.43. The molecule has 1 atom stereocenters. The van der Waals surface area contributed by atoms with Crippen LogP contribution < -0.4 is 9.80 Å². The van der Waals surface area contributed by atoms with Gasteiger partial charge in [-0.05, 0) is 32.8 Å². The molecule has 4 nitrogen and oxygen atoms in total. The summed E-state index contributed by atoms with van der Waals surface area (Å²) in [5.74, 6) is 2.45. The zero-order valence-electron chi connectivity index (χ0n) is 13.7. The van der Waals surface area contributed by atoms with Crippen LogP contribution in [-0.4, -0.2) is 60.4 Å². The fourth-order valence-corrected chi connectivity index (χ4v) is 4.79. The lowest BCUT2D eigenvalue weighted by Crippen LogP contribution is -2.55. The number of anilines is 2. The number of nitrogens with zero attached hydrogens (tertiary/aromatic N) is 4. The Kier molecular flexibility index (Phi) is 3.95. The SMILES string of the molecule is CC(C)N1CCN2c3ncc(N4CCC4)cc3SCC[C@@H]2C1. The minimum atomic E-state index is 0.632. The first-order valence-electron chi connectivity index (χ1n) is 8.61. The van der Waals surface area contributed by atoms with Gasteiger partial charge in [0.1, 0.15) is 5.82 Å². The van der Waals surface area contributed by atoms with Gasteiger partial charge in [-0.1, -0.05) is 0 Å². The standard InChI is InChI=1S/C17H26N4S/c1-13(2)20-7-8-21-14(12-20)4-9-22-16-10-15(11-18-17(16)21)19-5-3-6-19/h10-11,13-14H,3-9,12H2,1-2H3/t14-/m1/s1. The molecule has 0 radical (unpaired) electrons. The van der Waals surface area contributed by atoms with Crippen molar-refractivity contribution in [2.45, 2.75) is 43.7 Å². The van der Waals surface area contributed by atoms with Crippen molar-refractivity contribution >= 4 is 23.3 Å². The van der Waals surface area contributed by atoms with Crippen molar-refractivity contribution in [2.75, 3.05) is 48.3 Å². The van der Waals surface area contributed by atoms with Crippen LogP contribution in [0, 0.1) is 0 Å². The van der Waals surface area contributed by atoms with Crippen LogP contribution in [0.15, 0.2) is 17.2 Å². The molecule has 0 N–H and O–H groups in total. The summed E-state index contributed by atoms with van der Waals surface area (Å²) in [6.07, 6.45) is 4.68. The fraction of sp³-hybridized carbons (Fsp3) is 0.706. The highest BCUT2D eigenvalue weighted by Gasteiger charge is 2.32. The number of rotatable bonds is 2. The van der Waals surface area contributed by atoms with E-state index in [0.29, 0.717) is 12.1 Å². The Morgan fingerprint density at radius 1 is 1.23 bits per heavy atom. The molecular formula is C17H26N4S. The Bertz CT molecular complexity index is 543. The quantitative estimate of drug-likeness (QED) is 0.834. The van der Waals surface area contributed by atoms with Crippen molar-refractivity contribution < 1.29 is 0 Å². The van der Waals surface area contributed by atoms with E-state index in [9.17, 15) is 0 Å². The lowest BCUT2D eigenvalue weighted by molar-refractivity contribution is 0.178. The number of aromatic nitrogens is 1. The molecule has 0 spiro atoms. The predicted molar refractivity (Wildman–Crippen MR) is 94.3 cm³/mol. The minimum Gasteiger partial charge on any atom is -0.370 e. The molecule has 120 valence electrons. The van der Waals surface area contributed by atoms with Crippen LogP contribution in [-0.2, 0) is 0 Å². The van der Waals surface area contributed by atoms with Crippen LogP contribution in [0.4, 0.5) is 11.5 Å².